The molecule has 0 saturated carbocycles. The van der Waals surface area contributed by atoms with Gasteiger partial charge >= 0.3 is 6.18 Å². The number of rotatable bonds is 6. The minimum Gasteiger partial charge on any atom is -0.369 e. The lowest BCUT2D eigenvalue weighted by Gasteiger charge is -2.20. The molecule has 2 heterocycles. The summed E-state index contributed by atoms with van der Waals surface area (Å²) in [5.74, 6) is 0.558. The summed E-state index contributed by atoms with van der Waals surface area (Å²) in [7, 11) is 1.67. The smallest absolute Gasteiger partial charge is 0.369 e. The third kappa shape index (κ3) is 6.12. The first-order valence-corrected chi connectivity index (χ1v) is 9.85. The van der Waals surface area contributed by atoms with E-state index in [4.69, 9.17) is 11.6 Å². The van der Waals surface area contributed by atoms with Crippen LogP contribution in [-0.2, 0) is 6.18 Å². The van der Waals surface area contributed by atoms with Gasteiger partial charge in [-0.1, -0.05) is 17.7 Å². The van der Waals surface area contributed by atoms with Gasteiger partial charge in [0.15, 0.2) is 5.96 Å². The van der Waals surface area contributed by atoms with E-state index in [-0.39, 0.29) is 12.0 Å². The molecule has 3 rings (SSSR count). The molecule has 11 heteroatoms. The SMILES string of the molecule is CN=C(NCCNc1nccc(C(F)(F)F)n1)NC1CCN(c2cccc(Cl)c2)C1. The van der Waals surface area contributed by atoms with Crippen LogP contribution in [0.1, 0.15) is 12.1 Å². The lowest BCUT2D eigenvalue weighted by Crippen LogP contribution is -2.45. The molecule has 7 nitrogen and oxygen atoms in total. The van der Waals surface area contributed by atoms with Gasteiger partial charge in [-0.2, -0.15) is 13.2 Å². The van der Waals surface area contributed by atoms with E-state index in [0.717, 1.165) is 37.5 Å². The number of alkyl halides is 3. The van der Waals surface area contributed by atoms with Gasteiger partial charge < -0.3 is 20.9 Å². The number of nitrogens with one attached hydrogen (secondary N) is 3. The minimum atomic E-state index is -4.50. The third-order valence-corrected chi connectivity index (χ3v) is 4.81. The minimum absolute atomic E-state index is 0.0671. The van der Waals surface area contributed by atoms with Gasteiger partial charge in [0.25, 0.3) is 0 Å². The van der Waals surface area contributed by atoms with E-state index in [2.05, 4.69) is 35.8 Å². The number of nitrogens with zero attached hydrogens (tertiary/aromatic N) is 4. The quantitative estimate of drug-likeness (QED) is 0.363. The van der Waals surface area contributed by atoms with Crippen LogP contribution in [-0.4, -0.2) is 55.2 Å². The lowest BCUT2D eigenvalue weighted by molar-refractivity contribution is -0.141. The summed E-state index contributed by atoms with van der Waals surface area (Å²) in [6.07, 6.45) is -2.47. The Morgan fingerprint density at radius 1 is 1.30 bits per heavy atom. The molecule has 1 aromatic heterocycles. The van der Waals surface area contributed by atoms with Gasteiger partial charge in [0.1, 0.15) is 5.69 Å². The van der Waals surface area contributed by atoms with Gasteiger partial charge in [-0.05, 0) is 30.7 Å². The summed E-state index contributed by atoms with van der Waals surface area (Å²) in [6, 6.07) is 8.81. The topological polar surface area (TPSA) is 77.5 Å². The molecule has 1 aliphatic rings. The molecule has 0 amide bonds. The first-order chi connectivity index (χ1) is 14.3. The van der Waals surface area contributed by atoms with E-state index in [1.54, 1.807) is 7.05 Å². The van der Waals surface area contributed by atoms with E-state index >= 15 is 0 Å². The van der Waals surface area contributed by atoms with Crippen molar-refractivity contribution in [3.8, 4) is 0 Å². The van der Waals surface area contributed by atoms with Crippen molar-refractivity contribution in [3.05, 3.63) is 47.2 Å². The second-order valence-corrected chi connectivity index (χ2v) is 7.18. The van der Waals surface area contributed by atoms with Crippen LogP contribution >= 0.6 is 11.6 Å². The normalized spacial score (nSPS) is 17.2. The first-order valence-electron chi connectivity index (χ1n) is 9.47. The Morgan fingerprint density at radius 2 is 2.13 bits per heavy atom. The second-order valence-electron chi connectivity index (χ2n) is 6.74. The average Bonchev–Trinajstić information content (AvgIpc) is 3.18. The summed E-state index contributed by atoms with van der Waals surface area (Å²) in [5, 5.41) is 9.98. The van der Waals surface area contributed by atoms with Gasteiger partial charge in [0.2, 0.25) is 5.95 Å². The maximum atomic E-state index is 12.7. The molecule has 0 bridgehead atoms. The number of aliphatic imine (C=N–C) groups is 1. The molecule has 1 aliphatic heterocycles. The van der Waals surface area contributed by atoms with Crippen molar-refractivity contribution >= 4 is 29.2 Å². The molecule has 1 atom stereocenters. The number of hydrogen-bond donors (Lipinski definition) is 3. The highest BCUT2D eigenvalue weighted by Gasteiger charge is 2.32. The summed E-state index contributed by atoms with van der Waals surface area (Å²) < 4.78 is 38.1. The van der Waals surface area contributed by atoms with Gasteiger partial charge in [0.05, 0.1) is 0 Å². The molecular weight excluding hydrogens is 419 g/mol. The molecule has 0 radical (unpaired) electrons. The standard InChI is InChI=1S/C19H23ClF3N7/c1-24-17(26-8-9-27-18-25-7-5-16(29-18)19(21,22)23)28-14-6-10-30(12-14)15-4-2-3-13(20)11-15/h2-5,7,11,14H,6,8-10,12H2,1H3,(H2,24,26,28)(H,25,27,29). The van der Waals surface area contributed by atoms with Crippen molar-refractivity contribution in [2.24, 2.45) is 4.99 Å². The average molecular weight is 442 g/mol. The highest BCUT2D eigenvalue weighted by atomic mass is 35.5. The molecule has 1 saturated heterocycles. The van der Waals surface area contributed by atoms with Crippen LogP contribution in [0.3, 0.4) is 0 Å². The maximum Gasteiger partial charge on any atom is 0.433 e. The molecule has 162 valence electrons. The van der Waals surface area contributed by atoms with Crippen LogP contribution in [0, 0.1) is 0 Å². The number of hydrogen-bond acceptors (Lipinski definition) is 5. The predicted molar refractivity (Wildman–Crippen MR) is 112 cm³/mol. The van der Waals surface area contributed by atoms with Gasteiger partial charge in [-0.15, -0.1) is 0 Å². The van der Waals surface area contributed by atoms with E-state index in [1.165, 1.54) is 0 Å². The highest BCUT2D eigenvalue weighted by Crippen LogP contribution is 2.27. The predicted octanol–water partition coefficient (Wildman–Crippen LogP) is 3.00. The van der Waals surface area contributed by atoms with E-state index in [9.17, 15) is 13.2 Å². The fourth-order valence-electron chi connectivity index (χ4n) is 3.13. The zero-order valence-electron chi connectivity index (χ0n) is 16.4. The Hall–Kier alpha value is -2.75. The van der Waals surface area contributed by atoms with Crippen molar-refractivity contribution in [1.29, 1.82) is 0 Å². The third-order valence-electron chi connectivity index (χ3n) is 4.57. The fourth-order valence-corrected chi connectivity index (χ4v) is 3.31. The Kier molecular flexibility index (Phi) is 7.20. The van der Waals surface area contributed by atoms with Crippen LogP contribution in [0.5, 0.6) is 0 Å². The molecule has 30 heavy (non-hydrogen) atoms. The van der Waals surface area contributed by atoms with Crippen molar-refractivity contribution in [2.45, 2.75) is 18.6 Å². The lowest BCUT2D eigenvalue weighted by atomic mass is 10.3. The number of benzene rings is 1. The van der Waals surface area contributed by atoms with E-state index in [1.807, 2.05) is 24.3 Å². The number of halogens is 4. The van der Waals surface area contributed by atoms with E-state index < -0.39 is 11.9 Å². The van der Waals surface area contributed by atoms with Crippen molar-refractivity contribution < 1.29 is 13.2 Å². The molecule has 1 fully saturated rings. The molecule has 0 spiro atoms. The summed E-state index contributed by atoms with van der Waals surface area (Å²) >= 11 is 6.07. The number of anilines is 2. The maximum absolute atomic E-state index is 12.7. The van der Waals surface area contributed by atoms with Crippen LogP contribution in [0.15, 0.2) is 41.5 Å². The number of guanidine groups is 1. The van der Waals surface area contributed by atoms with Crippen LogP contribution in [0.4, 0.5) is 24.8 Å². The Morgan fingerprint density at radius 3 is 2.87 bits per heavy atom. The monoisotopic (exact) mass is 441 g/mol. The fraction of sp³-hybridized carbons (Fsp3) is 0.421. The molecule has 1 unspecified atom stereocenters. The second kappa shape index (κ2) is 9.84. The highest BCUT2D eigenvalue weighted by molar-refractivity contribution is 6.30. The van der Waals surface area contributed by atoms with Crippen molar-refractivity contribution in [1.82, 2.24) is 20.6 Å². The molecule has 2 aromatic rings. The zero-order chi connectivity index (χ0) is 21.6. The van der Waals surface area contributed by atoms with Crippen LogP contribution in [0.2, 0.25) is 5.02 Å². The van der Waals surface area contributed by atoms with Crippen LogP contribution < -0.4 is 20.9 Å². The Balaban J connectivity index is 1.42. The molecular formula is C19H23ClF3N7. The number of aromatic nitrogens is 2. The largest absolute Gasteiger partial charge is 0.433 e. The summed E-state index contributed by atoms with van der Waals surface area (Å²) in [5.41, 5.74) is 0.107. The Bertz CT molecular complexity index is 875. The molecule has 3 N–H and O–H groups in total. The van der Waals surface area contributed by atoms with Gasteiger partial charge in [0, 0.05) is 56.2 Å². The van der Waals surface area contributed by atoms with Crippen LogP contribution in [0.25, 0.3) is 0 Å². The molecule has 1 aromatic carbocycles. The van der Waals surface area contributed by atoms with E-state index in [0.29, 0.717) is 24.1 Å². The summed E-state index contributed by atoms with van der Waals surface area (Å²) in [6.45, 7) is 2.49. The van der Waals surface area contributed by atoms with Crippen molar-refractivity contribution in [2.75, 3.05) is 43.4 Å². The van der Waals surface area contributed by atoms with Crippen molar-refractivity contribution in [3.63, 3.8) is 0 Å². The molecule has 0 aliphatic carbocycles. The first kappa shape index (κ1) is 21.9. The zero-order valence-corrected chi connectivity index (χ0v) is 17.1. The Labute approximate surface area is 177 Å². The summed E-state index contributed by atoms with van der Waals surface area (Å²) in [4.78, 5) is 13.7. The van der Waals surface area contributed by atoms with Gasteiger partial charge in [-0.3, -0.25) is 4.99 Å². The van der Waals surface area contributed by atoms with Gasteiger partial charge in [-0.25, -0.2) is 9.97 Å².